The van der Waals surface area contributed by atoms with E-state index < -0.39 is 0 Å². The molecule has 0 aliphatic rings. The molecule has 0 atom stereocenters. The van der Waals surface area contributed by atoms with E-state index in [1.807, 2.05) is 12.1 Å². The summed E-state index contributed by atoms with van der Waals surface area (Å²) < 4.78 is 5.55. The molecule has 0 bridgehead atoms. The zero-order valence-corrected chi connectivity index (χ0v) is 15.8. The van der Waals surface area contributed by atoms with Crippen LogP contribution in [0.1, 0.15) is 43.9 Å². The highest BCUT2D eigenvalue weighted by molar-refractivity contribution is 5.77. The van der Waals surface area contributed by atoms with Crippen molar-refractivity contribution in [3.8, 4) is 5.75 Å². The molecule has 134 valence electrons. The Balaban J connectivity index is 1.66. The summed E-state index contributed by atoms with van der Waals surface area (Å²) in [7, 11) is 0. The summed E-state index contributed by atoms with van der Waals surface area (Å²) >= 11 is 0. The van der Waals surface area contributed by atoms with Crippen molar-refractivity contribution in [1.82, 2.24) is 5.32 Å². The summed E-state index contributed by atoms with van der Waals surface area (Å²) in [5.41, 5.74) is 3.94. The molecule has 2 aromatic rings. The van der Waals surface area contributed by atoms with Crippen molar-refractivity contribution >= 4 is 5.91 Å². The molecule has 0 fully saturated rings. The van der Waals surface area contributed by atoms with Crippen LogP contribution in [0.3, 0.4) is 0 Å². The fourth-order valence-electron chi connectivity index (χ4n) is 2.53. The molecule has 0 unspecified atom stereocenters. The number of hydrogen-bond donors (Lipinski definition) is 1. The molecule has 0 aliphatic carbocycles. The Morgan fingerprint density at radius 2 is 1.64 bits per heavy atom. The number of carbonyl (C=O) groups excluding carboxylic acids is 1. The van der Waals surface area contributed by atoms with Crippen molar-refractivity contribution in [1.29, 1.82) is 0 Å². The van der Waals surface area contributed by atoms with Gasteiger partial charge in [0.2, 0.25) is 0 Å². The van der Waals surface area contributed by atoms with Crippen LogP contribution in [0.25, 0.3) is 0 Å². The first-order chi connectivity index (χ1) is 11.8. The third kappa shape index (κ3) is 6.61. The zero-order chi connectivity index (χ0) is 18.3. The standard InChI is InChI=1S/C22H29NO2/c1-17-7-9-18(10-8-17)6-5-15-23-21(24)16-25-20-13-11-19(12-14-20)22(2,3)4/h7-14H,5-6,15-16H2,1-4H3,(H,23,24). The Morgan fingerprint density at radius 3 is 2.24 bits per heavy atom. The lowest BCUT2D eigenvalue weighted by Gasteiger charge is -2.19. The van der Waals surface area contributed by atoms with Crippen molar-refractivity contribution in [3.63, 3.8) is 0 Å². The van der Waals surface area contributed by atoms with Crippen LogP contribution in [-0.2, 0) is 16.6 Å². The highest BCUT2D eigenvalue weighted by atomic mass is 16.5. The number of benzene rings is 2. The van der Waals surface area contributed by atoms with Gasteiger partial charge in [0.25, 0.3) is 5.91 Å². The van der Waals surface area contributed by atoms with Gasteiger partial charge in [-0.2, -0.15) is 0 Å². The summed E-state index contributed by atoms with van der Waals surface area (Å²) in [5, 5.41) is 2.91. The monoisotopic (exact) mass is 339 g/mol. The molecule has 0 radical (unpaired) electrons. The normalized spacial score (nSPS) is 11.2. The number of aryl methyl sites for hydroxylation is 2. The Hall–Kier alpha value is -2.29. The van der Waals surface area contributed by atoms with Crippen molar-refractivity contribution in [2.24, 2.45) is 0 Å². The number of rotatable bonds is 7. The summed E-state index contributed by atoms with van der Waals surface area (Å²) in [6, 6.07) is 16.5. The van der Waals surface area contributed by atoms with Crippen LogP contribution in [-0.4, -0.2) is 19.1 Å². The van der Waals surface area contributed by atoms with Gasteiger partial charge in [-0.3, -0.25) is 4.79 Å². The second kappa shape index (κ2) is 8.70. The largest absolute Gasteiger partial charge is 0.484 e. The quantitative estimate of drug-likeness (QED) is 0.758. The summed E-state index contributed by atoms with van der Waals surface area (Å²) in [6.07, 6.45) is 1.89. The maximum Gasteiger partial charge on any atom is 0.257 e. The van der Waals surface area contributed by atoms with Gasteiger partial charge in [0.15, 0.2) is 6.61 Å². The van der Waals surface area contributed by atoms with Gasteiger partial charge in [0.1, 0.15) is 5.75 Å². The van der Waals surface area contributed by atoms with E-state index in [-0.39, 0.29) is 17.9 Å². The van der Waals surface area contributed by atoms with Crippen LogP contribution in [0.5, 0.6) is 5.75 Å². The van der Waals surface area contributed by atoms with Crippen LogP contribution < -0.4 is 10.1 Å². The number of carbonyl (C=O) groups is 1. The van der Waals surface area contributed by atoms with E-state index in [0.717, 1.165) is 18.6 Å². The Kier molecular flexibility index (Phi) is 6.63. The molecule has 0 saturated carbocycles. The minimum Gasteiger partial charge on any atom is -0.484 e. The number of amides is 1. The molecule has 0 spiro atoms. The van der Waals surface area contributed by atoms with Crippen molar-refractivity contribution in [2.45, 2.75) is 46.0 Å². The Morgan fingerprint density at radius 1 is 1.00 bits per heavy atom. The second-order valence-corrected chi connectivity index (χ2v) is 7.50. The fourth-order valence-corrected chi connectivity index (χ4v) is 2.53. The van der Waals surface area contributed by atoms with Crippen LogP contribution in [0, 0.1) is 6.92 Å². The molecule has 0 aromatic heterocycles. The molecular formula is C22H29NO2. The number of hydrogen-bond acceptors (Lipinski definition) is 2. The minimum atomic E-state index is -0.0798. The molecule has 1 amide bonds. The second-order valence-electron chi connectivity index (χ2n) is 7.50. The van der Waals surface area contributed by atoms with Crippen LogP contribution in [0.2, 0.25) is 0 Å². The summed E-state index contributed by atoms with van der Waals surface area (Å²) in [4.78, 5) is 11.9. The number of ether oxygens (including phenoxy) is 1. The first-order valence-electron chi connectivity index (χ1n) is 8.90. The first-order valence-corrected chi connectivity index (χ1v) is 8.90. The van der Waals surface area contributed by atoms with Crippen molar-refractivity contribution < 1.29 is 9.53 Å². The van der Waals surface area contributed by atoms with E-state index in [4.69, 9.17) is 4.74 Å². The molecule has 25 heavy (non-hydrogen) atoms. The minimum absolute atomic E-state index is 0.0550. The third-order valence-electron chi connectivity index (χ3n) is 4.18. The van der Waals surface area contributed by atoms with Gasteiger partial charge >= 0.3 is 0 Å². The lowest BCUT2D eigenvalue weighted by molar-refractivity contribution is -0.123. The van der Waals surface area contributed by atoms with Gasteiger partial charge in [0.05, 0.1) is 0 Å². The lowest BCUT2D eigenvalue weighted by Crippen LogP contribution is -2.29. The maximum atomic E-state index is 11.9. The van der Waals surface area contributed by atoms with Crippen molar-refractivity contribution in [2.75, 3.05) is 13.2 Å². The third-order valence-corrected chi connectivity index (χ3v) is 4.18. The van der Waals surface area contributed by atoms with Gasteiger partial charge < -0.3 is 10.1 Å². The van der Waals surface area contributed by atoms with Gasteiger partial charge in [0, 0.05) is 6.54 Å². The van der Waals surface area contributed by atoms with E-state index >= 15 is 0 Å². The smallest absolute Gasteiger partial charge is 0.257 e. The Bertz CT molecular complexity index is 667. The van der Waals surface area contributed by atoms with Crippen molar-refractivity contribution in [3.05, 3.63) is 65.2 Å². The molecule has 0 saturated heterocycles. The SMILES string of the molecule is Cc1ccc(CCCNC(=O)COc2ccc(C(C)(C)C)cc2)cc1. The maximum absolute atomic E-state index is 11.9. The predicted molar refractivity (Wildman–Crippen MR) is 103 cm³/mol. The lowest BCUT2D eigenvalue weighted by atomic mass is 9.87. The van der Waals surface area contributed by atoms with Crippen LogP contribution in [0.4, 0.5) is 0 Å². The highest BCUT2D eigenvalue weighted by Crippen LogP contribution is 2.24. The van der Waals surface area contributed by atoms with Crippen LogP contribution >= 0.6 is 0 Å². The van der Waals surface area contributed by atoms with E-state index in [2.05, 4.69) is 69.4 Å². The van der Waals surface area contributed by atoms with Gasteiger partial charge in [-0.1, -0.05) is 62.7 Å². The van der Waals surface area contributed by atoms with E-state index in [0.29, 0.717) is 6.54 Å². The highest BCUT2D eigenvalue weighted by Gasteiger charge is 2.13. The van der Waals surface area contributed by atoms with E-state index in [9.17, 15) is 4.79 Å². The van der Waals surface area contributed by atoms with Crippen LogP contribution in [0.15, 0.2) is 48.5 Å². The average molecular weight is 339 g/mol. The van der Waals surface area contributed by atoms with E-state index in [1.165, 1.54) is 16.7 Å². The molecule has 0 heterocycles. The average Bonchev–Trinajstić information content (AvgIpc) is 2.58. The zero-order valence-electron chi connectivity index (χ0n) is 15.8. The molecule has 0 aliphatic heterocycles. The fraction of sp³-hybridized carbons (Fsp3) is 0.409. The summed E-state index contributed by atoms with van der Waals surface area (Å²) in [6.45, 7) is 9.33. The summed E-state index contributed by atoms with van der Waals surface area (Å²) in [5.74, 6) is 0.645. The topological polar surface area (TPSA) is 38.3 Å². The molecule has 2 rings (SSSR count). The first kappa shape index (κ1) is 19.0. The molecule has 3 nitrogen and oxygen atoms in total. The Labute approximate surface area is 151 Å². The molecule has 2 aromatic carbocycles. The predicted octanol–water partition coefficient (Wildman–Crippen LogP) is 4.42. The number of nitrogens with one attached hydrogen (secondary N) is 1. The van der Waals surface area contributed by atoms with Gasteiger partial charge in [-0.05, 0) is 48.4 Å². The molecule has 1 N–H and O–H groups in total. The van der Waals surface area contributed by atoms with Gasteiger partial charge in [-0.15, -0.1) is 0 Å². The van der Waals surface area contributed by atoms with Gasteiger partial charge in [-0.25, -0.2) is 0 Å². The molecule has 3 heteroatoms. The molecular weight excluding hydrogens is 310 g/mol. The van der Waals surface area contributed by atoms with E-state index in [1.54, 1.807) is 0 Å².